The zero-order chi connectivity index (χ0) is 19.9. The molecule has 1 aliphatic rings. The lowest BCUT2D eigenvalue weighted by Crippen LogP contribution is -2.50. The Morgan fingerprint density at radius 1 is 1.14 bits per heavy atom. The van der Waals surface area contributed by atoms with Crippen LogP contribution in [0.4, 0.5) is 17.6 Å². The summed E-state index contributed by atoms with van der Waals surface area (Å²) in [4.78, 5) is 17.5. The largest absolute Gasteiger partial charge is 0.416 e. The fraction of sp³-hybridized carbons (Fsp3) is 0.211. The third kappa shape index (κ3) is 3.12. The van der Waals surface area contributed by atoms with Crippen LogP contribution in [0.5, 0.6) is 0 Å². The van der Waals surface area contributed by atoms with Crippen LogP contribution in [0.2, 0.25) is 0 Å². The normalized spacial score (nSPS) is 15.4. The predicted octanol–water partition coefficient (Wildman–Crippen LogP) is 3.98. The first-order valence-corrected chi connectivity index (χ1v) is 8.45. The average molecular weight is 390 g/mol. The molecule has 1 fully saturated rings. The molecule has 1 amide bonds. The quantitative estimate of drug-likeness (QED) is 0.502. The summed E-state index contributed by atoms with van der Waals surface area (Å²) < 4.78 is 52.3. The number of rotatable bonds is 3. The first-order valence-electron chi connectivity index (χ1n) is 8.45. The highest BCUT2D eigenvalue weighted by atomic mass is 19.4. The zero-order valence-corrected chi connectivity index (χ0v) is 14.4. The molecule has 0 unspecified atom stereocenters. The third-order valence-corrected chi connectivity index (χ3v) is 4.68. The molecule has 0 spiro atoms. The van der Waals surface area contributed by atoms with Gasteiger partial charge < -0.3 is 4.90 Å². The maximum Gasteiger partial charge on any atom is 0.416 e. The van der Waals surface area contributed by atoms with Crippen LogP contribution in [0.25, 0.3) is 22.3 Å². The van der Waals surface area contributed by atoms with Gasteiger partial charge in [-0.3, -0.25) is 14.5 Å². The van der Waals surface area contributed by atoms with E-state index in [1.54, 1.807) is 16.9 Å². The van der Waals surface area contributed by atoms with Crippen LogP contribution in [-0.4, -0.2) is 38.7 Å². The van der Waals surface area contributed by atoms with Crippen LogP contribution in [0, 0.1) is 0 Å². The molecule has 1 aromatic carbocycles. The second-order valence-corrected chi connectivity index (χ2v) is 6.43. The molecule has 0 N–H and O–H groups in total. The molecule has 3 aromatic rings. The lowest BCUT2D eigenvalue weighted by Gasteiger charge is -2.38. The molecule has 5 nitrogen and oxygen atoms in total. The van der Waals surface area contributed by atoms with E-state index in [0.717, 1.165) is 23.7 Å². The number of carbonyl (C=O) groups is 1. The zero-order valence-electron chi connectivity index (χ0n) is 14.4. The standard InChI is InChI=1S/C19H14F4N4O/c20-8-7-16(28)26-10-14(11-26)27-15-2-1-9-24-18(15)17(25-27)12-3-5-13(6-4-12)19(21,22)23/h1-9,14H,10-11H2. The molecule has 28 heavy (non-hydrogen) atoms. The SMILES string of the molecule is O=C(C=CF)N1CC(n2nc(-c3ccc(C(F)(F)F)cc3)c3ncccc32)C1. The Labute approximate surface area is 156 Å². The molecule has 2 aromatic heterocycles. The molecule has 1 saturated heterocycles. The first-order chi connectivity index (χ1) is 13.4. The van der Waals surface area contributed by atoms with Crippen molar-refractivity contribution >= 4 is 16.9 Å². The van der Waals surface area contributed by atoms with Gasteiger partial charge in [-0.2, -0.15) is 18.3 Å². The van der Waals surface area contributed by atoms with Crippen molar-refractivity contribution in [2.24, 2.45) is 0 Å². The van der Waals surface area contributed by atoms with Gasteiger partial charge in [-0.15, -0.1) is 0 Å². The van der Waals surface area contributed by atoms with Gasteiger partial charge in [-0.25, -0.2) is 4.39 Å². The molecule has 0 bridgehead atoms. The third-order valence-electron chi connectivity index (χ3n) is 4.68. The van der Waals surface area contributed by atoms with Gasteiger partial charge in [0.2, 0.25) is 5.91 Å². The van der Waals surface area contributed by atoms with Crippen molar-refractivity contribution in [2.75, 3.05) is 13.1 Å². The average Bonchev–Trinajstić information content (AvgIpc) is 3.00. The van der Waals surface area contributed by atoms with Crippen LogP contribution < -0.4 is 0 Å². The molecule has 144 valence electrons. The molecule has 0 atom stereocenters. The molecular weight excluding hydrogens is 376 g/mol. The maximum absolute atomic E-state index is 12.8. The van der Waals surface area contributed by atoms with E-state index in [1.165, 1.54) is 17.0 Å². The number of fused-ring (bicyclic) bond motifs is 1. The summed E-state index contributed by atoms with van der Waals surface area (Å²) >= 11 is 0. The maximum atomic E-state index is 12.8. The summed E-state index contributed by atoms with van der Waals surface area (Å²) in [6.07, 6.45) is -1.77. The first kappa shape index (κ1) is 18.1. The lowest BCUT2D eigenvalue weighted by atomic mass is 10.1. The number of hydrogen-bond acceptors (Lipinski definition) is 3. The number of carbonyl (C=O) groups excluding carboxylic acids is 1. The van der Waals surface area contributed by atoms with E-state index in [0.29, 0.717) is 29.9 Å². The molecule has 1 aliphatic heterocycles. The van der Waals surface area contributed by atoms with E-state index >= 15 is 0 Å². The predicted molar refractivity (Wildman–Crippen MR) is 93.8 cm³/mol. The van der Waals surface area contributed by atoms with E-state index in [-0.39, 0.29) is 12.4 Å². The highest BCUT2D eigenvalue weighted by Crippen LogP contribution is 2.34. The van der Waals surface area contributed by atoms with Crippen LogP contribution in [0.15, 0.2) is 55.0 Å². The number of hydrogen-bond donors (Lipinski definition) is 0. The summed E-state index contributed by atoms with van der Waals surface area (Å²) in [6, 6.07) is 8.19. The topological polar surface area (TPSA) is 51.0 Å². The second-order valence-electron chi connectivity index (χ2n) is 6.43. The van der Waals surface area contributed by atoms with E-state index in [9.17, 15) is 22.4 Å². The van der Waals surface area contributed by atoms with Crippen molar-refractivity contribution in [3.05, 3.63) is 60.6 Å². The molecule has 3 heterocycles. The lowest BCUT2D eigenvalue weighted by molar-refractivity contribution is -0.137. The number of benzene rings is 1. The molecule has 0 saturated carbocycles. The minimum absolute atomic E-state index is 0.119. The van der Waals surface area contributed by atoms with Gasteiger partial charge in [0.15, 0.2) is 0 Å². The van der Waals surface area contributed by atoms with E-state index < -0.39 is 17.6 Å². The Hall–Kier alpha value is -3.23. The molecule has 0 radical (unpaired) electrons. The summed E-state index contributed by atoms with van der Waals surface area (Å²) in [6.45, 7) is 0.725. The molecule has 4 rings (SSSR count). The highest BCUT2D eigenvalue weighted by molar-refractivity contribution is 5.90. The van der Waals surface area contributed by atoms with E-state index in [4.69, 9.17) is 0 Å². The van der Waals surface area contributed by atoms with Crippen LogP contribution in [-0.2, 0) is 11.0 Å². The number of alkyl halides is 3. The van der Waals surface area contributed by atoms with E-state index in [2.05, 4.69) is 10.1 Å². The van der Waals surface area contributed by atoms with Crippen molar-refractivity contribution in [1.29, 1.82) is 0 Å². The highest BCUT2D eigenvalue weighted by Gasteiger charge is 2.34. The van der Waals surface area contributed by atoms with Gasteiger partial charge >= 0.3 is 6.18 Å². The second kappa shape index (κ2) is 6.74. The summed E-state index contributed by atoms with van der Waals surface area (Å²) in [5, 5.41) is 4.56. The number of likely N-dealkylation sites (tertiary alicyclic amines) is 1. The number of pyridine rings is 1. The summed E-state index contributed by atoms with van der Waals surface area (Å²) in [7, 11) is 0. The van der Waals surface area contributed by atoms with Crippen LogP contribution >= 0.6 is 0 Å². The van der Waals surface area contributed by atoms with Crippen LogP contribution in [0.1, 0.15) is 11.6 Å². The van der Waals surface area contributed by atoms with Gasteiger partial charge in [-0.05, 0) is 24.3 Å². The minimum atomic E-state index is -4.41. The van der Waals surface area contributed by atoms with Gasteiger partial charge in [0.25, 0.3) is 0 Å². The van der Waals surface area contributed by atoms with E-state index in [1.807, 2.05) is 6.07 Å². The Bertz CT molecular complexity index is 1050. The minimum Gasteiger partial charge on any atom is -0.335 e. The number of halogens is 4. The van der Waals surface area contributed by atoms with Crippen molar-refractivity contribution in [3.63, 3.8) is 0 Å². The van der Waals surface area contributed by atoms with Gasteiger partial charge in [0.1, 0.15) is 11.2 Å². The summed E-state index contributed by atoms with van der Waals surface area (Å²) in [5.74, 6) is -0.420. The smallest absolute Gasteiger partial charge is 0.335 e. The van der Waals surface area contributed by atoms with Crippen LogP contribution in [0.3, 0.4) is 0 Å². The number of nitrogens with zero attached hydrogens (tertiary/aromatic N) is 4. The van der Waals surface area contributed by atoms with Crippen molar-refractivity contribution in [2.45, 2.75) is 12.2 Å². The van der Waals surface area contributed by atoms with Crippen molar-refractivity contribution in [1.82, 2.24) is 19.7 Å². The monoisotopic (exact) mass is 390 g/mol. The Morgan fingerprint density at radius 3 is 2.50 bits per heavy atom. The van der Waals surface area contributed by atoms with Gasteiger partial charge in [0.05, 0.1) is 23.5 Å². The molecule has 0 aliphatic carbocycles. The fourth-order valence-corrected chi connectivity index (χ4v) is 3.21. The Kier molecular flexibility index (Phi) is 4.37. The molecular formula is C19H14F4N4O. The van der Waals surface area contributed by atoms with Gasteiger partial charge in [0, 0.05) is 30.9 Å². The van der Waals surface area contributed by atoms with Crippen molar-refractivity contribution in [3.8, 4) is 11.3 Å². The number of amides is 1. The van der Waals surface area contributed by atoms with Gasteiger partial charge in [-0.1, -0.05) is 12.1 Å². The van der Waals surface area contributed by atoms with Crippen molar-refractivity contribution < 1.29 is 22.4 Å². The summed E-state index contributed by atoms with van der Waals surface area (Å²) in [5.41, 5.74) is 1.54. The number of aromatic nitrogens is 3. The fourth-order valence-electron chi connectivity index (χ4n) is 3.21. The molecule has 9 heteroatoms. The Morgan fingerprint density at radius 2 is 1.86 bits per heavy atom. The Balaban J connectivity index is 1.67.